The van der Waals surface area contributed by atoms with Crippen molar-refractivity contribution in [1.82, 2.24) is 0 Å². The van der Waals surface area contributed by atoms with Gasteiger partial charge < -0.3 is 35.4 Å². The van der Waals surface area contributed by atoms with Gasteiger partial charge in [-0.2, -0.15) is 0 Å². The quantitative estimate of drug-likeness (QED) is 0.296. The second kappa shape index (κ2) is 4.49. The minimum absolute atomic E-state index is 0.948. The zero-order valence-corrected chi connectivity index (χ0v) is 6.62. The smallest absolute Gasteiger partial charge is 0.155 e. The van der Waals surface area contributed by atoms with Crippen molar-refractivity contribution in [2.24, 2.45) is 0 Å². The molecule has 0 spiro atoms. The van der Waals surface area contributed by atoms with Crippen molar-refractivity contribution in [3.05, 3.63) is 0 Å². The number of carbonyl (C=O) groups is 1. The molecule has 0 amide bonds. The Kier molecular flexibility index (Phi) is 4.24. The Morgan fingerprint density at radius 2 is 1.85 bits per heavy atom. The largest absolute Gasteiger partial charge is 0.547 e. The second-order valence-corrected chi connectivity index (χ2v) is 2.56. The topological polar surface area (TPSA) is 141 Å². The van der Waals surface area contributed by atoms with E-state index < -0.39 is 37.0 Å². The third-order valence-corrected chi connectivity index (χ3v) is 1.64. The van der Waals surface area contributed by atoms with E-state index in [0.29, 0.717) is 0 Å². The van der Waals surface area contributed by atoms with E-state index in [-0.39, 0.29) is 0 Å². The van der Waals surface area contributed by atoms with Crippen LogP contribution in [-0.2, 0) is 4.79 Å². The third-order valence-electron chi connectivity index (χ3n) is 1.64. The zero-order valence-electron chi connectivity index (χ0n) is 6.62. The van der Waals surface area contributed by atoms with Gasteiger partial charge in [0.25, 0.3) is 0 Å². The van der Waals surface area contributed by atoms with Gasteiger partial charge in [-0.3, -0.25) is 0 Å². The molecule has 0 saturated heterocycles. The van der Waals surface area contributed by atoms with Crippen molar-refractivity contribution in [3.8, 4) is 0 Å². The number of carboxylic acids is 1. The summed E-state index contributed by atoms with van der Waals surface area (Å²) >= 11 is 0. The lowest BCUT2D eigenvalue weighted by atomic mass is 9.94. The van der Waals surface area contributed by atoms with E-state index in [1.165, 1.54) is 0 Å². The number of carboxylic acid groups (broad SMARTS) is 1. The van der Waals surface area contributed by atoms with Crippen LogP contribution in [0.25, 0.3) is 0 Å². The van der Waals surface area contributed by atoms with Crippen molar-refractivity contribution >= 4 is 5.97 Å². The van der Waals surface area contributed by atoms with Crippen LogP contribution in [0.1, 0.15) is 0 Å². The fourth-order valence-corrected chi connectivity index (χ4v) is 0.697. The molecule has 0 aromatic carbocycles. The summed E-state index contributed by atoms with van der Waals surface area (Å²) in [6.45, 7) is -2.27. The van der Waals surface area contributed by atoms with Gasteiger partial charge >= 0.3 is 0 Å². The minimum atomic E-state index is -2.97. The highest BCUT2D eigenvalue weighted by Crippen LogP contribution is 2.12. The van der Waals surface area contributed by atoms with Gasteiger partial charge in [-0.05, 0) is 0 Å². The van der Waals surface area contributed by atoms with Crippen molar-refractivity contribution in [3.63, 3.8) is 0 Å². The molecule has 78 valence electrons. The Balaban J connectivity index is 4.65. The summed E-state index contributed by atoms with van der Waals surface area (Å²) in [6, 6.07) is 0. The van der Waals surface area contributed by atoms with Crippen LogP contribution in [0.15, 0.2) is 0 Å². The van der Waals surface area contributed by atoms with Gasteiger partial charge in [0.05, 0.1) is 19.2 Å². The van der Waals surface area contributed by atoms with Gasteiger partial charge in [0.15, 0.2) is 5.60 Å². The highest BCUT2D eigenvalue weighted by Gasteiger charge is 2.40. The normalized spacial score (nSPS) is 20.4. The molecule has 7 nitrogen and oxygen atoms in total. The SMILES string of the molecule is O=C([O-])[C@@](O)(CO)[C@H](O)[C@H](O)CO. The van der Waals surface area contributed by atoms with E-state index in [1.54, 1.807) is 0 Å². The van der Waals surface area contributed by atoms with E-state index >= 15 is 0 Å². The van der Waals surface area contributed by atoms with Gasteiger partial charge in [-0.15, -0.1) is 0 Å². The van der Waals surface area contributed by atoms with Crippen molar-refractivity contribution in [1.29, 1.82) is 0 Å². The third kappa shape index (κ3) is 2.36. The molecule has 7 heteroatoms. The number of hydrogen-bond acceptors (Lipinski definition) is 7. The molecule has 0 saturated carbocycles. The van der Waals surface area contributed by atoms with E-state index in [9.17, 15) is 9.90 Å². The highest BCUT2D eigenvalue weighted by molar-refractivity contribution is 5.76. The Bertz CT molecular complexity index is 182. The molecule has 13 heavy (non-hydrogen) atoms. The molecule has 5 N–H and O–H groups in total. The van der Waals surface area contributed by atoms with E-state index in [2.05, 4.69) is 0 Å². The van der Waals surface area contributed by atoms with Crippen molar-refractivity contribution in [2.45, 2.75) is 17.8 Å². The molecule has 0 aliphatic carbocycles. The first-order chi connectivity index (χ1) is 5.90. The molecule has 0 heterocycles. The number of aliphatic carboxylic acids is 1. The summed E-state index contributed by atoms with van der Waals surface area (Å²) in [6.07, 6.45) is -4.08. The maximum Gasteiger partial charge on any atom is 0.155 e. The van der Waals surface area contributed by atoms with Crippen molar-refractivity contribution < 1.29 is 35.4 Å². The summed E-state index contributed by atoms with van der Waals surface area (Å²) in [7, 11) is 0. The van der Waals surface area contributed by atoms with Gasteiger partial charge in [-0.25, -0.2) is 0 Å². The average molecular weight is 195 g/mol. The molecule has 0 aromatic heterocycles. The van der Waals surface area contributed by atoms with Crippen LogP contribution in [0.3, 0.4) is 0 Å². The van der Waals surface area contributed by atoms with Gasteiger partial charge in [0.2, 0.25) is 0 Å². The first-order valence-corrected chi connectivity index (χ1v) is 3.41. The number of aliphatic hydroxyl groups excluding tert-OH is 4. The summed E-state index contributed by atoms with van der Waals surface area (Å²) in [5.41, 5.74) is -2.97. The molecule has 0 aliphatic rings. The lowest BCUT2D eigenvalue weighted by Crippen LogP contribution is -2.62. The molecule has 0 rings (SSSR count). The Morgan fingerprint density at radius 1 is 1.38 bits per heavy atom. The first-order valence-electron chi connectivity index (χ1n) is 3.41. The average Bonchev–Trinajstić information content (AvgIpc) is 2.13. The monoisotopic (exact) mass is 195 g/mol. The van der Waals surface area contributed by atoms with E-state index in [1.807, 2.05) is 0 Å². The van der Waals surface area contributed by atoms with Crippen LogP contribution in [0.4, 0.5) is 0 Å². The standard InChI is InChI=1S/C6H12O7/c7-1-3(9)4(10)6(13,2-8)5(11)12/h3-4,7-10,13H,1-2H2,(H,11,12)/p-1/t3-,4-,6-/m1/s1. The molecule has 0 unspecified atom stereocenters. The van der Waals surface area contributed by atoms with Crippen LogP contribution >= 0.6 is 0 Å². The van der Waals surface area contributed by atoms with Crippen LogP contribution in [0.5, 0.6) is 0 Å². The molecular formula is C6H11O7-. The van der Waals surface area contributed by atoms with Crippen LogP contribution < -0.4 is 5.11 Å². The summed E-state index contributed by atoms with van der Waals surface area (Å²) in [4.78, 5) is 10.2. The number of carbonyl (C=O) groups excluding carboxylic acids is 1. The summed E-state index contributed by atoms with van der Waals surface area (Å²) in [5, 5.41) is 53.8. The lowest BCUT2D eigenvalue weighted by molar-refractivity contribution is -0.335. The molecule has 0 radical (unpaired) electrons. The maximum absolute atomic E-state index is 10.2. The Morgan fingerprint density at radius 3 is 2.08 bits per heavy atom. The fraction of sp³-hybridized carbons (Fsp3) is 0.833. The molecule has 0 aliphatic heterocycles. The molecule has 3 atom stereocenters. The second-order valence-electron chi connectivity index (χ2n) is 2.56. The number of aliphatic hydroxyl groups is 5. The maximum atomic E-state index is 10.2. The zero-order chi connectivity index (χ0) is 10.6. The predicted molar refractivity (Wildman–Crippen MR) is 36.1 cm³/mol. The summed E-state index contributed by atoms with van der Waals surface area (Å²) in [5.74, 6) is -2.13. The van der Waals surface area contributed by atoms with Gasteiger partial charge in [0.1, 0.15) is 12.2 Å². The summed E-state index contributed by atoms with van der Waals surface area (Å²) < 4.78 is 0. The molecule has 0 fully saturated rings. The Labute approximate surface area is 73.5 Å². The first kappa shape index (κ1) is 12.3. The van der Waals surface area contributed by atoms with Gasteiger partial charge in [-0.1, -0.05) is 0 Å². The van der Waals surface area contributed by atoms with Crippen LogP contribution in [0.2, 0.25) is 0 Å². The minimum Gasteiger partial charge on any atom is -0.547 e. The predicted octanol–water partition coefficient (Wildman–Crippen LogP) is -4.83. The van der Waals surface area contributed by atoms with Gasteiger partial charge in [0, 0.05) is 0 Å². The fourth-order valence-electron chi connectivity index (χ4n) is 0.697. The number of rotatable bonds is 5. The number of hydrogen-bond donors (Lipinski definition) is 5. The lowest BCUT2D eigenvalue weighted by Gasteiger charge is -2.33. The van der Waals surface area contributed by atoms with Crippen LogP contribution in [-0.4, -0.2) is 62.5 Å². The van der Waals surface area contributed by atoms with E-state index in [0.717, 1.165) is 0 Å². The molecule has 0 aromatic rings. The van der Waals surface area contributed by atoms with E-state index in [4.69, 9.17) is 25.5 Å². The van der Waals surface area contributed by atoms with Crippen molar-refractivity contribution in [2.75, 3.05) is 13.2 Å². The molecular weight excluding hydrogens is 184 g/mol. The molecule has 0 bridgehead atoms. The highest BCUT2D eigenvalue weighted by atomic mass is 16.4. The van der Waals surface area contributed by atoms with Crippen LogP contribution in [0, 0.1) is 0 Å². The Hall–Kier alpha value is -0.730.